The Balaban J connectivity index is 5.49. The van der Waals surface area contributed by atoms with Crippen LogP contribution >= 0.6 is 0 Å². The minimum absolute atomic E-state index is 2.70. The van der Waals surface area contributed by atoms with E-state index in [1.807, 2.05) is 0 Å². The SMILES string of the molecule is FC(F)CC(F)(F)CC(F)(F)C(F)(F)C(F)(F)C(F)(F)F. The molecule has 0 fully saturated rings. The third-order valence-corrected chi connectivity index (χ3v) is 2.14. The van der Waals surface area contributed by atoms with E-state index in [9.17, 15) is 57.1 Å². The van der Waals surface area contributed by atoms with Crippen molar-refractivity contribution in [3.63, 3.8) is 0 Å². The molecule has 0 spiro atoms. The maximum absolute atomic E-state index is 12.7. The molecule has 0 aromatic heterocycles. The maximum Gasteiger partial charge on any atom is 0.460 e. The molecule has 128 valence electrons. The zero-order valence-corrected chi connectivity index (χ0v) is 9.41. The Morgan fingerprint density at radius 3 is 1.29 bits per heavy atom. The fourth-order valence-corrected chi connectivity index (χ4v) is 1.14. The van der Waals surface area contributed by atoms with Gasteiger partial charge in [0.1, 0.15) is 0 Å². The Labute approximate surface area is 107 Å². The molecule has 0 heterocycles. The summed E-state index contributed by atoms with van der Waals surface area (Å²) in [4.78, 5) is 0. The molecule has 0 saturated carbocycles. The molecular formula is C8H5F13. The third kappa shape index (κ3) is 4.05. The number of alkyl halides is 13. The molecule has 0 aliphatic heterocycles. The lowest BCUT2D eigenvalue weighted by atomic mass is 9.97. The standard InChI is InChI=1S/C8H5F13/c9-3(10)1-4(11,12)2-5(13,14)6(15,16)7(17,18)8(19,20)21/h3H,1-2H2. The summed E-state index contributed by atoms with van der Waals surface area (Å²) in [6, 6.07) is 0. The van der Waals surface area contributed by atoms with Gasteiger partial charge in [0.2, 0.25) is 6.43 Å². The first-order valence-electron chi connectivity index (χ1n) is 4.73. The summed E-state index contributed by atoms with van der Waals surface area (Å²) in [5.74, 6) is -26.4. The lowest BCUT2D eigenvalue weighted by Crippen LogP contribution is -2.61. The predicted octanol–water partition coefficient (Wildman–Crippen LogP) is 5.14. The van der Waals surface area contributed by atoms with Gasteiger partial charge in [-0.2, -0.15) is 39.5 Å². The van der Waals surface area contributed by atoms with Gasteiger partial charge in [0.05, 0.1) is 12.8 Å². The summed E-state index contributed by atoms with van der Waals surface area (Å²) in [5.41, 5.74) is 0. The van der Waals surface area contributed by atoms with Gasteiger partial charge < -0.3 is 0 Å². The van der Waals surface area contributed by atoms with Crippen LogP contribution in [-0.2, 0) is 0 Å². The van der Waals surface area contributed by atoms with Gasteiger partial charge in [-0.05, 0) is 0 Å². The van der Waals surface area contributed by atoms with Crippen molar-refractivity contribution in [2.75, 3.05) is 0 Å². The molecule has 0 N–H and O–H groups in total. The summed E-state index contributed by atoms with van der Waals surface area (Å²) in [6.07, 6.45) is -17.4. The van der Waals surface area contributed by atoms with Crippen LogP contribution in [0.25, 0.3) is 0 Å². The molecule has 21 heavy (non-hydrogen) atoms. The second-order valence-corrected chi connectivity index (χ2v) is 3.98. The Morgan fingerprint density at radius 1 is 0.619 bits per heavy atom. The van der Waals surface area contributed by atoms with Gasteiger partial charge in [-0.3, -0.25) is 0 Å². The number of halogens is 13. The van der Waals surface area contributed by atoms with E-state index in [-0.39, 0.29) is 0 Å². The zero-order valence-electron chi connectivity index (χ0n) is 9.41. The highest BCUT2D eigenvalue weighted by Gasteiger charge is 2.82. The second-order valence-electron chi connectivity index (χ2n) is 3.98. The minimum atomic E-state index is -7.33. The van der Waals surface area contributed by atoms with E-state index in [1.165, 1.54) is 0 Å². The number of rotatable bonds is 6. The molecule has 0 atom stereocenters. The molecule has 0 rings (SSSR count). The first-order valence-corrected chi connectivity index (χ1v) is 4.73. The summed E-state index contributed by atoms with van der Waals surface area (Å²) in [5, 5.41) is 0. The molecule has 13 heteroatoms. The fraction of sp³-hybridized carbons (Fsp3) is 1.00. The van der Waals surface area contributed by atoms with E-state index in [0.717, 1.165) is 0 Å². The van der Waals surface area contributed by atoms with Crippen molar-refractivity contribution in [2.45, 2.75) is 49.1 Å². The smallest absolute Gasteiger partial charge is 0.210 e. The van der Waals surface area contributed by atoms with Crippen LogP contribution in [-0.4, -0.2) is 36.3 Å². The fourth-order valence-electron chi connectivity index (χ4n) is 1.14. The van der Waals surface area contributed by atoms with Crippen LogP contribution in [0.5, 0.6) is 0 Å². The average Bonchev–Trinajstić information content (AvgIpc) is 2.10. The van der Waals surface area contributed by atoms with E-state index in [0.29, 0.717) is 0 Å². The van der Waals surface area contributed by atoms with Crippen molar-refractivity contribution >= 4 is 0 Å². The molecule has 0 bridgehead atoms. The summed E-state index contributed by atoms with van der Waals surface area (Å²) in [7, 11) is 0. The predicted molar refractivity (Wildman–Crippen MR) is 41.1 cm³/mol. The van der Waals surface area contributed by atoms with E-state index in [2.05, 4.69) is 0 Å². The van der Waals surface area contributed by atoms with Gasteiger partial charge in [0.25, 0.3) is 5.92 Å². The zero-order chi connectivity index (χ0) is 17.5. The van der Waals surface area contributed by atoms with Crippen LogP contribution in [0.3, 0.4) is 0 Å². The van der Waals surface area contributed by atoms with E-state index >= 15 is 0 Å². The van der Waals surface area contributed by atoms with Gasteiger partial charge in [-0.15, -0.1) is 0 Å². The second kappa shape index (κ2) is 5.38. The van der Waals surface area contributed by atoms with E-state index in [4.69, 9.17) is 0 Å². The van der Waals surface area contributed by atoms with Crippen molar-refractivity contribution in [2.24, 2.45) is 0 Å². The van der Waals surface area contributed by atoms with Crippen molar-refractivity contribution in [1.29, 1.82) is 0 Å². The highest BCUT2D eigenvalue weighted by Crippen LogP contribution is 2.55. The summed E-state index contributed by atoms with van der Waals surface area (Å²) < 4.78 is 158. The van der Waals surface area contributed by atoms with Crippen molar-refractivity contribution in [3.8, 4) is 0 Å². The van der Waals surface area contributed by atoms with Crippen molar-refractivity contribution < 1.29 is 57.1 Å². The molecule has 0 amide bonds. The van der Waals surface area contributed by atoms with Gasteiger partial charge in [0, 0.05) is 0 Å². The quantitative estimate of drug-likeness (QED) is 0.584. The van der Waals surface area contributed by atoms with Crippen LogP contribution in [0.2, 0.25) is 0 Å². The molecule has 0 aromatic rings. The van der Waals surface area contributed by atoms with Crippen molar-refractivity contribution in [1.82, 2.24) is 0 Å². The molecule has 0 aliphatic carbocycles. The van der Waals surface area contributed by atoms with Crippen LogP contribution in [0.1, 0.15) is 12.8 Å². The maximum atomic E-state index is 12.7. The molecule has 0 nitrogen and oxygen atoms in total. The highest BCUT2D eigenvalue weighted by molar-refractivity contribution is 5.01. The first kappa shape index (κ1) is 20.1. The molecular weight excluding hydrogens is 343 g/mol. The molecule has 0 saturated heterocycles. The van der Waals surface area contributed by atoms with Crippen LogP contribution in [0, 0.1) is 0 Å². The first-order chi connectivity index (χ1) is 8.87. The van der Waals surface area contributed by atoms with Crippen LogP contribution in [0.4, 0.5) is 57.1 Å². The van der Waals surface area contributed by atoms with Gasteiger partial charge in [0.15, 0.2) is 0 Å². The Bertz CT molecular complexity index is 352. The highest BCUT2D eigenvalue weighted by atomic mass is 19.4. The Morgan fingerprint density at radius 2 is 1.00 bits per heavy atom. The lowest BCUT2D eigenvalue weighted by molar-refractivity contribution is -0.401. The topological polar surface area (TPSA) is 0 Å². The number of hydrogen-bond acceptors (Lipinski definition) is 0. The number of hydrogen-bond donors (Lipinski definition) is 0. The van der Waals surface area contributed by atoms with Crippen LogP contribution in [0.15, 0.2) is 0 Å². The summed E-state index contributed by atoms with van der Waals surface area (Å²) in [6.45, 7) is 0. The van der Waals surface area contributed by atoms with E-state index < -0.39 is 49.1 Å². The molecule has 0 radical (unpaired) electrons. The van der Waals surface area contributed by atoms with E-state index in [1.54, 1.807) is 0 Å². The Hall–Kier alpha value is -0.910. The minimum Gasteiger partial charge on any atom is -0.210 e. The Kier molecular flexibility index (Phi) is 5.14. The molecule has 0 unspecified atom stereocenters. The van der Waals surface area contributed by atoms with Crippen molar-refractivity contribution in [3.05, 3.63) is 0 Å². The monoisotopic (exact) mass is 348 g/mol. The third-order valence-electron chi connectivity index (χ3n) is 2.14. The van der Waals surface area contributed by atoms with Gasteiger partial charge >= 0.3 is 23.9 Å². The average molecular weight is 348 g/mol. The van der Waals surface area contributed by atoms with Gasteiger partial charge in [-0.25, -0.2) is 17.6 Å². The molecule has 0 aromatic carbocycles. The van der Waals surface area contributed by atoms with Gasteiger partial charge in [-0.1, -0.05) is 0 Å². The normalized spacial score (nSPS) is 15.7. The molecule has 0 aliphatic rings. The van der Waals surface area contributed by atoms with Crippen LogP contribution < -0.4 is 0 Å². The largest absolute Gasteiger partial charge is 0.460 e. The lowest BCUT2D eigenvalue weighted by Gasteiger charge is -2.35. The summed E-state index contributed by atoms with van der Waals surface area (Å²) >= 11 is 0.